The van der Waals surface area contributed by atoms with Crippen molar-refractivity contribution in [1.82, 2.24) is 0 Å². The molecule has 1 aliphatic rings. The molecular formula is C36H36ClO6P. The van der Waals surface area contributed by atoms with Gasteiger partial charge in [-0.05, 0) is 83.9 Å². The number of epoxide rings is 1. The number of ether oxygens (including phenoxy) is 1. The van der Waals surface area contributed by atoms with E-state index in [2.05, 4.69) is 13.8 Å². The standard InChI is InChI=1S/C18H15O3P.C15H16O2.C3H5ClO/c19-14-6-10-17(11-7-14)22(21,16-4-2-1-3-5-16)18-12-8-15(20)9-13-18;1-15(2,11-3-7-13(16)8-4-11)12-5-9-14(17)10-6-12;4-1-3-2-5-3/h1-13,19-20H;3-10,16-17H,1-2H3;3H,1-2H2. The Morgan fingerprint density at radius 1 is 0.614 bits per heavy atom. The molecule has 1 unspecified atom stereocenters. The third-order valence-corrected chi connectivity index (χ3v) is 10.7. The van der Waals surface area contributed by atoms with Crippen LogP contribution in [-0.4, -0.2) is 39.0 Å². The first-order chi connectivity index (χ1) is 21.0. The molecule has 0 saturated carbocycles. The van der Waals surface area contributed by atoms with E-state index in [9.17, 15) is 25.0 Å². The van der Waals surface area contributed by atoms with Crippen molar-refractivity contribution in [2.24, 2.45) is 0 Å². The number of phenols is 4. The second-order valence-electron chi connectivity index (χ2n) is 10.8. The largest absolute Gasteiger partial charge is 0.508 e. The molecule has 5 aromatic carbocycles. The molecule has 0 radical (unpaired) electrons. The summed E-state index contributed by atoms with van der Waals surface area (Å²) < 4.78 is 18.6. The van der Waals surface area contributed by atoms with Crippen LogP contribution in [0.3, 0.4) is 0 Å². The lowest BCUT2D eigenvalue weighted by Crippen LogP contribution is -2.24. The summed E-state index contributed by atoms with van der Waals surface area (Å²) in [4.78, 5) is 0. The highest BCUT2D eigenvalue weighted by Crippen LogP contribution is 2.42. The van der Waals surface area contributed by atoms with E-state index in [0.29, 0.717) is 27.9 Å². The molecule has 6 rings (SSSR count). The van der Waals surface area contributed by atoms with Gasteiger partial charge < -0.3 is 29.7 Å². The van der Waals surface area contributed by atoms with Gasteiger partial charge in [0.25, 0.3) is 0 Å². The first kappa shape index (κ1) is 32.7. The highest BCUT2D eigenvalue weighted by atomic mass is 35.5. The second-order valence-corrected chi connectivity index (χ2v) is 13.9. The van der Waals surface area contributed by atoms with Gasteiger partial charge in [-0.3, -0.25) is 0 Å². The Morgan fingerprint density at radius 3 is 1.23 bits per heavy atom. The van der Waals surface area contributed by atoms with Crippen molar-refractivity contribution in [2.75, 3.05) is 12.5 Å². The van der Waals surface area contributed by atoms with Crippen LogP contribution >= 0.6 is 18.7 Å². The highest BCUT2D eigenvalue weighted by Gasteiger charge is 2.29. The summed E-state index contributed by atoms with van der Waals surface area (Å²) in [7, 11) is -3.04. The van der Waals surface area contributed by atoms with E-state index in [1.807, 2.05) is 54.6 Å². The Morgan fingerprint density at radius 2 is 0.932 bits per heavy atom. The minimum Gasteiger partial charge on any atom is -0.508 e. The summed E-state index contributed by atoms with van der Waals surface area (Å²) in [5.41, 5.74) is 2.10. The zero-order chi connectivity index (χ0) is 31.7. The van der Waals surface area contributed by atoms with Gasteiger partial charge in [0.1, 0.15) is 23.0 Å². The van der Waals surface area contributed by atoms with E-state index in [-0.39, 0.29) is 28.4 Å². The molecule has 1 aliphatic heterocycles. The fraction of sp³-hybridized carbons (Fsp3) is 0.167. The van der Waals surface area contributed by atoms with Crippen molar-refractivity contribution in [2.45, 2.75) is 25.4 Å². The van der Waals surface area contributed by atoms with Crippen LogP contribution in [0, 0.1) is 0 Å². The molecule has 228 valence electrons. The summed E-state index contributed by atoms with van der Waals surface area (Å²) in [6, 6.07) is 36.5. The van der Waals surface area contributed by atoms with Gasteiger partial charge in [-0.1, -0.05) is 68.4 Å². The van der Waals surface area contributed by atoms with Crippen LogP contribution in [-0.2, 0) is 14.7 Å². The quantitative estimate of drug-likeness (QED) is 0.0935. The maximum Gasteiger partial charge on any atom is 0.171 e. The van der Waals surface area contributed by atoms with Gasteiger partial charge in [-0.25, -0.2) is 0 Å². The number of benzene rings is 5. The third kappa shape index (κ3) is 8.23. The maximum absolute atomic E-state index is 13.9. The van der Waals surface area contributed by atoms with Crippen LogP contribution in [0.15, 0.2) is 127 Å². The van der Waals surface area contributed by atoms with Crippen molar-refractivity contribution in [3.8, 4) is 23.0 Å². The lowest BCUT2D eigenvalue weighted by molar-refractivity contribution is 0.425. The Kier molecular flexibility index (Phi) is 10.8. The van der Waals surface area contributed by atoms with Crippen LogP contribution in [0.4, 0.5) is 0 Å². The topological polar surface area (TPSA) is 111 Å². The van der Waals surface area contributed by atoms with Gasteiger partial charge in [-0.2, -0.15) is 0 Å². The summed E-state index contributed by atoms with van der Waals surface area (Å²) in [5, 5.41) is 39.5. The number of halogens is 1. The summed E-state index contributed by atoms with van der Waals surface area (Å²) in [5.74, 6) is 1.48. The van der Waals surface area contributed by atoms with Gasteiger partial charge in [0.05, 0.1) is 18.6 Å². The number of rotatable bonds is 6. The monoisotopic (exact) mass is 630 g/mol. The molecule has 8 heteroatoms. The first-order valence-electron chi connectivity index (χ1n) is 14.1. The van der Waals surface area contributed by atoms with E-state index < -0.39 is 7.14 Å². The van der Waals surface area contributed by atoms with Crippen molar-refractivity contribution >= 4 is 34.7 Å². The molecule has 1 heterocycles. The van der Waals surface area contributed by atoms with Gasteiger partial charge >= 0.3 is 0 Å². The normalized spacial score (nSPS) is 13.9. The van der Waals surface area contributed by atoms with E-state index in [1.54, 1.807) is 48.5 Å². The molecule has 5 aromatic rings. The van der Waals surface area contributed by atoms with Crippen molar-refractivity contribution in [1.29, 1.82) is 0 Å². The molecule has 0 aromatic heterocycles. The lowest BCUT2D eigenvalue weighted by atomic mass is 9.78. The number of hydrogen-bond donors (Lipinski definition) is 4. The maximum atomic E-state index is 13.9. The average molecular weight is 631 g/mol. The van der Waals surface area contributed by atoms with E-state index in [0.717, 1.165) is 17.7 Å². The zero-order valence-electron chi connectivity index (χ0n) is 24.5. The molecule has 1 saturated heterocycles. The molecular weight excluding hydrogens is 595 g/mol. The lowest BCUT2D eigenvalue weighted by Gasteiger charge is -2.26. The first-order valence-corrected chi connectivity index (χ1v) is 16.3. The van der Waals surface area contributed by atoms with E-state index in [4.69, 9.17) is 16.3 Å². The predicted octanol–water partition coefficient (Wildman–Crippen LogP) is 6.78. The van der Waals surface area contributed by atoms with Crippen LogP contribution in [0.2, 0.25) is 0 Å². The van der Waals surface area contributed by atoms with Crippen molar-refractivity contribution in [3.05, 3.63) is 139 Å². The molecule has 4 N–H and O–H groups in total. The zero-order valence-corrected chi connectivity index (χ0v) is 26.2. The summed E-state index contributed by atoms with van der Waals surface area (Å²) in [6.07, 6.45) is 0.400. The molecule has 6 nitrogen and oxygen atoms in total. The Hall–Kier alpha value is -4.22. The molecule has 0 spiro atoms. The van der Waals surface area contributed by atoms with Crippen molar-refractivity contribution in [3.63, 3.8) is 0 Å². The fourth-order valence-corrected chi connectivity index (χ4v) is 7.29. The third-order valence-electron chi connectivity index (χ3n) is 7.30. The SMILES string of the molecule is CC(C)(c1ccc(O)cc1)c1ccc(O)cc1.ClCC1CO1.O=P(c1ccccc1)(c1ccc(O)cc1)c1ccc(O)cc1. The van der Waals surface area contributed by atoms with Crippen LogP contribution < -0.4 is 15.9 Å². The van der Waals surface area contributed by atoms with Crippen LogP contribution in [0.25, 0.3) is 0 Å². The second kappa shape index (κ2) is 14.5. The molecule has 44 heavy (non-hydrogen) atoms. The Bertz CT molecular complexity index is 1550. The highest BCUT2D eigenvalue weighted by molar-refractivity contribution is 7.85. The number of phenolic OH excluding ortho intramolecular Hbond substituents is 4. The number of aromatic hydroxyl groups is 4. The number of hydrogen-bond acceptors (Lipinski definition) is 6. The smallest absolute Gasteiger partial charge is 0.171 e. The average Bonchev–Trinajstić information content (AvgIpc) is 3.88. The minimum atomic E-state index is -3.04. The van der Waals surface area contributed by atoms with Gasteiger partial charge in [0.15, 0.2) is 7.14 Å². The summed E-state index contributed by atoms with van der Waals surface area (Å²) in [6.45, 7) is 5.11. The molecule has 1 atom stereocenters. The van der Waals surface area contributed by atoms with Crippen molar-refractivity contribution < 1.29 is 29.7 Å². The molecule has 1 fully saturated rings. The molecule has 0 amide bonds. The summed E-state index contributed by atoms with van der Waals surface area (Å²) >= 11 is 5.27. The van der Waals surface area contributed by atoms with Crippen LogP contribution in [0.1, 0.15) is 25.0 Å². The minimum absolute atomic E-state index is 0.133. The van der Waals surface area contributed by atoms with Gasteiger partial charge in [0, 0.05) is 21.3 Å². The number of alkyl halides is 1. The van der Waals surface area contributed by atoms with Gasteiger partial charge in [0.2, 0.25) is 0 Å². The molecule has 0 aliphatic carbocycles. The van der Waals surface area contributed by atoms with Gasteiger partial charge in [-0.15, -0.1) is 11.6 Å². The van der Waals surface area contributed by atoms with Crippen LogP contribution in [0.5, 0.6) is 23.0 Å². The Balaban J connectivity index is 0.000000177. The van der Waals surface area contributed by atoms with E-state index in [1.165, 1.54) is 24.3 Å². The predicted molar refractivity (Wildman–Crippen MR) is 178 cm³/mol. The Labute approximate surface area is 263 Å². The molecule has 0 bridgehead atoms. The fourth-order valence-electron chi connectivity index (χ4n) is 4.49. The van der Waals surface area contributed by atoms with E-state index >= 15 is 0 Å².